The highest BCUT2D eigenvalue weighted by Gasteiger charge is 2.14. The van der Waals surface area contributed by atoms with Crippen LogP contribution in [0.3, 0.4) is 0 Å². The average Bonchev–Trinajstić information content (AvgIpc) is 2.80. The van der Waals surface area contributed by atoms with Gasteiger partial charge in [-0.1, -0.05) is 23.7 Å². The topological polar surface area (TPSA) is 89.2 Å². The Bertz CT molecular complexity index is 1220. The fraction of sp³-hybridized carbons (Fsp3) is 0.174. The summed E-state index contributed by atoms with van der Waals surface area (Å²) in [7, 11) is 0. The molecule has 1 aliphatic heterocycles. The minimum atomic E-state index is 0.366. The number of benzene rings is 2. The van der Waals surface area contributed by atoms with E-state index in [0.717, 1.165) is 42.9 Å². The summed E-state index contributed by atoms with van der Waals surface area (Å²) in [6.07, 6.45) is 1.70. The number of nitrogens with two attached hydrogens (primary N) is 1. The van der Waals surface area contributed by atoms with Crippen molar-refractivity contribution < 1.29 is 4.74 Å². The highest BCUT2D eigenvalue weighted by atomic mass is 35.5. The molecule has 31 heavy (non-hydrogen) atoms. The third kappa shape index (κ3) is 4.10. The van der Waals surface area contributed by atoms with Crippen molar-refractivity contribution in [3.8, 4) is 11.3 Å². The van der Waals surface area contributed by atoms with Crippen LogP contribution >= 0.6 is 11.6 Å². The SMILES string of the molecule is Nc1cccc(-c2nccc3c(Cl)nc(Nc4ccc(N5CCOCC5)cc4)nc23)c1. The van der Waals surface area contributed by atoms with Crippen molar-refractivity contribution in [2.45, 2.75) is 0 Å². The van der Waals surface area contributed by atoms with Gasteiger partial charge in [0.25, 0.3) is 0 Å². The Kier molecular flexibility index (Phi) is 5.28. The highest BCUT2D eigenvalue weighted by Crippen LogP contribution is 2.31. The summed E-state index contributed by atoms with van der Waals surface area (Å²) in [5, 5.41) is 4.36. The van der Waals surface area contributed by atoms with Crippen LogP contribution in [0.5, 0.6) is 0 Å². The van der Waals surface area contributed by atoms with Crippen molar-refractivity contribution in [1.82, 2.24) is 15.0 Å². The molecule has 1 aliphatic rings. The Balaban J connectivity index is 1.47. The van der Waals surface area contributed by atoms with Crippen molar-refractivity contribution in [2.24, 2.45) is 0 Å². The summed E-state index contributed by atoms with van der Waals surface area (Å²) in [6.45, 7) is 3.31. The zero-order valence-electron chi connectivity index (χ0n) is 16.8. The monoisotopic (exact) mass is 432 g/mol. The molecule has 1 fully saturated rings. The normalized spacial score (nSPS) is 14.0. The molecule has 1 saturated heterocycles. The van der Waals surface area contributed by atoms with Crippen LogP contribution in [0.25, 0.3) is 22.2 Å². The number of anilines is 4. The summed E-state index contributed by atoms with van der Waals surface area (Å²) in [5.41, 5.74) is 10.9. The minimum Gasteiger partial charge on any atom is -0.399 e. The maximum atomic E-state index is 6.48. The molecule has 0 saturated carbocycles. The number of fused-ring (bicyclic) bond motifs is 1. The average molecular weight is 433 g/mol. The summed E-state index contributed by atoms with van der Waals surface area (Å²) in [5.74, 6) is 0.412. The van der Waals surface area contributed by atoms with E-state index >= 15 is 0 Å². The lowest BCUT2D eigenvalue weighted by Crippen LogP contribution is -2.36. The molecule has 0 amide bonds. The van der Waals surface area contributed by atoms with Crippen molar-refractivity contribution >= 4 is 45.5 Å². The maximum absolute atomic E-state index is 6.48. The van der Waals surface area contributed by atoms with E-state index in [-0.39, 0.29) is 0 Å². The van der Waals surface area contributed by atoms with Crippen LogP contribution in [0.4, 0.5) is 23.0 Å². The van der Waals surface area contributed by atoms with Gasteiger partial charge in [0.1, 0.15) is 10.7 Å². The smallest absolute Gasteiger partial charge is 0.229 e. The first kappa shape index (κ1) is 19.5. The van der Waals surface area contributed by atoms with Crippen LogP contribution < -0.4 is 16.0 Å². The van der Waals surface area contributed by atoms with Crippen molar-refractivity contribution in [3.63, 3.8) is 0 Å². The number of nitrogens with zero attached hydrogens (tertiary/aromatic N) is 4. The molecular weight excluding hydrogens is 412 g/mol. The summed E-state index contributed by atoms with van der Waals surface area (Å²) < 4.78 is 5.42. The summed E-state index contributed by atoms with van der Waals surface area (Å²) in [4.78, 5) is 16.0. The number of hydrogen-bond donors (Lipinski definition) is 2. The molecule has 0 aliphatic carbocycles. The maximum Gasteiger partial charge on any atom is 0.229 e. The highest BCUT2D eigenvalue weighted by molar-refractivity contribution is 6.34. The van der Waals surface area contributed by atoms with Crippen LogP contribution in [-0.2, 0) is 4.74 Å². The largest absolute Gasteiger partial charge is 0.399 e. The van der Waals surface area contributed by atoms with Gasteiger partial charge in [0, 0.05) is 47.3 Å². The van der Waals surface area contributed by atoms with E-state index in [1.807, 2.05) is 42.5 Å². The summed E-state index contributed by atoms with van der Waals surface area (Å²) >= 11 is 6.48. The van der Waals surface area contributed by atoms with E-state index in [1.54, 1.807) is 6.20 Å². The molecule has 0 bridgehead atoms. The van der Waals surface area contributed by atoms with Gasteiger partial charge in [-0.05, 0) is 42.5 Å². The number of halogens is 1. The van der Waals surface area contributed by atoms with E-state index in [0.29, 0.717) is 28.0 Å². The molecular formula is C23H21ClN6O. The van der Waals surface area contributed by atoms with Gasteiger partial charge >= 0.3 is 0 Å². The molecule has 3 heterocycles. The lowest BCUT2D eigenvalue weighted by Gasteiger charge is -2.28. The van der Waals surface area contributed by atoms with Gasteiger partial charge in [0.2, 0.25) is 5.95 Å². The minimum absolute atomic E-state index is 0.366. The van der Waals surface area contributed by atoms with Gasteiger partial charge in [0.15, 0.2) is 0 Å². The first-order chi connectivity index (χ1) is 15.2. The molecule has 3 N–H and O–H groups in total. The van der Waals surface area contributed by atoms with Gasteiger partial charge in [-0.25, -0.2) is 9.97 Å². The molecule has 4 aromatic rings. The Morgan fingerprint density at radius 2 is 1.81 bits per heavy atom. The van der Waals surface area contributed by atoms with Crippen LogP contribution in [0, 0.1) is 0 Å². The number of pyridine rings is 1. The molecule has 0 unspecified atom stereocenters. The molecule has 0 radical (unpaired) electrons. The molecule has 8 heteroatoms. The molecule has 0 atom stereocenters. The number of morpholine rings is 1. The second-order valence-corrected chi connectivity index (χ2v) is 7.65. The number of nitrogens with one attached hydrogen (secondary N) is 1. The van der Waals surface area contributed by atoms with Crippen molar-refractivity contribution in [2.75, 3.05) is 42.3 Å². The first-order valence-electron chi connectivity index (χ1n) is 10.1. The Morgan fingerprint density at radius 1 is 1.00 bits per heavy atom. The van der Waals surface area contributed by atoms with Crippen molar-refractivity contribution in [3.05, 3.63) is 65.9 Å². The van der Waals surface area contributed by atoms with Crippen LogP contribution in [0.1, 0.15) is 0 Å². The van der Waals surface area contributed by atoms with Crippen molar-refractivity contribution in [1.29, 1.82) is 0 Å². The van der Waals surface area contributed by atoms with Crippen LogP contribution in [0.15, 0.2) is 60.8 Å². The van der Waals surface area contributed by atoms with Gasteiger partial charge in [-0.3, -0.25) is 4.98 Å². The zero-order valence-corrected chi connectivity index (χ0v) is 17.5. The second-order valence-electron chi connectivity index (χ2n) is 7.29. The van der Waals surface area contributed by atoms with Gasteiger partial charge in [0.05, 0.1) is 18.9 Å². The molecule has 156 valence electrons. The Morgan fingerprint density at radius 3 is 2.58 bits per heavy atom. The lowest BCUT2D eigenvalue weighted by atomic mass is 10.1. The predicted octanol–water partition coefficient (Wildman–Crippen LogP) is 4.51. The molecule has 2 aromatic heterocycles. The Labute approximate surface area is 184 Å². The van der Waals surface area contributed by atoms with Crippen LogP contribution in [-0.4, -0.2) is 41.3 Å². The van der Waals surface area contributed by atoms with E-state index in [9.17, 15) is 0 Å². The molecule has 2 aromatic carbocycles. The summed E-state index contributed by atoms with van der Waals surface area (Å²) in [6, 6.07) is 17.5. The predicted molar refractivity (Wildman–Crippen MR) is 125 cm³/mol. The molecule has 0 spiro atoms. The lowest BCUT2D eigenvalue weighted by molar-refractivity contribution is 0.122. The number of nitrogen functional groups attached to an aromatic ring is 1. The first-order valence-corrected chi connectivity index (χ1v) is 10.4. The number of ether oxygens (including phenoxy) is 1. The van der Waals surface area contributed by atoms with Gasteiger partial charge in [-0.2, -0.15) is 0 Å². The quantitative estimate of drug-likeness (QED) is 0.362. The van der Waals surface area contributed by atoms with E-state index < -0.39 is 0 Å². The van der Waals surface area contributed by atoms with Crippen LogP contribution in [0.2, 0.25) is 5.15 Å². The number of hydrogen-bond acceptors (Lipinski definition) is 7. The van der Waals surface area contributed by atoms with Gasteiger partial charge < -0.3 is 20.7 Å². The number of aromatic nitrogens is 3. The third-order valence-electron chi connectivity index (χ3n) is 5.23. The van der Waals surface area contributed by atoms with Gasteiger partial charge in [-0.15, -0.1) is 0 Å². The van der Waals surface area contributed by atoms with E-state index in [4.69, 9.17) is 27.1 Å². The van der Waals surface area contributed by atoms with E-state index in [1.165, 1.54) is 5.69 Å². The van der Waals surface area contributed by atoms with E-state index in [2.05, 4.69) is 32.3 Å². The number of rotatable bonds is 4. The fourth-order valence-electron chi connectivity index (χ4n) is 3.68. The Hall–Kier alpha value is -3.42. The third-order valence-corrected chi connectivity index (χ3v) is 5.52. The zero-order chi connectivity index (χ0) is 21.2. The second kappa shape index (κ2) is 8.37. The standard InChI is InChI=1S/C23H21ClN6O/c24-22-19-8-9-26-20(15-2-1-3-16(25)14-15)21(19)28-23(29-22)27-17-4-6-18(7-5-17)30-10-12-31-13-11-30/h1-9,14H,10-13,25H2,(H,27,28,29). The molecule has 7 nitrogen and oxygen atoms in total. The molecule has 5 rings (SSSR count). The fourth-order valence-corrected chi connectivity index (χ4v) is 3.91.